The lowest BCUT2D eigenvalue weighted by Crippen LogP contribution is -2.46. The Morgan fingerprint density at radius 3 is 2.33 bits per heavy atom. The van der Waals surface area contributed by atoms with Crippen molar-refractivity contribution in [2.75, 3.05) is 13.6 Å². The fourth-order valence-corrected chi connectivity index (χ4v) is 3.37. The third kappa shape index (κ3) is 5.25. The van der Waals surface area contributed by atoms with Crippen molar-refractivity contribution in [1.29, 1.82) is 0 Å². The van der Waals surface area contributed by atoms with Crippen LogP contribution in [-0.2, 0) is 14.8 Å². The number of carbonyl (C=O) groups excluding carboxylic acids is 2. The van der Waals surface area contributed by atoms with E-state index in [1.165, 1.54) is 25.2 Å². The molecule has 0 bridgehead atoms. The SMILES string of the molecule is Cc1ccc(S(=O)(=O)N(C)CC(=O)NNC(=O)c2ccc(Cl)cc2F)cc1. The van der Waals surface area contributed by atoms with E-state index in [2.05, 4.69) is 0 Å². The highest BCUT2D eigenvalue weighted by Crippen LogP contribution is 2.15. The van der Waals surface area contributed by atoms with Crippen molar-refractivity contribution < 1.29 is 22.4 Å². The van der Waals surface area contributed by atoms with Crippen molar-refractivity contribution in [1.82, 2.24) is 15.2 Å². The Labute approximate surface area is 161 Å². The van der Waals surface area contributed by atoms with Crippen LogP contribution < -0.4 is 10.9 Å². The smallest absolute Gasteiger partial charge is 0.272 e. The quantitative estimate of drug-likeness (QED) is 0.731. The number of nitrogens with one attached hydrogen (secondary N) is 2. The number of hydrogen-bond acceptors (Lipinski definition) is 4. The number of aryl methyl sites for hydroxylation is 1. The van der Waals surface area contributed by atoms with E-state index in [9.17, 15) is 22.4 Å². The minimum atomic E-state index is -3.87. The molecule has 0 aliphatic heterocycles. The predicted molar refractivity (Wildman–Crippen MR) is 98.0 cm³/mol. The van der Waals surface area contributed by atoms with Gasteiger partial charge in [0.1, 0.15) is 5.82 Å². The van der Waals surface area contributed by atoms with Gasteiger partial charge in [0, 0.05) is 12.1 Å². The number of sulfonamides is 1. The van der Waals surface area contributed by atoms with Crippen molar-refractivity contribution in [2.45, 2.75) is 11.8 Å². The molecule has 0 aliphatic rings. The Hall–Kier alpha value is -2.49. The van der Waals surface area contributed by atoms with E-state index in [0.717, 1.165) is 22.0 Å². The Balaban J connectivity index is 1.96. The molecule has 2 amide bonds. The zero-order valence-electron chi connectivity index (χ0n) is 14.5. The molecule has 2 rings (SSSR count). The van der Waals surface area contributed by atoms with Crippen LogP contribution in [0.15, 0.2) is 47.4 Å². The summed E-state index contributed by atoms with van der Waals surface area (Å²) >= 11 is 5.60. The topological polar surface area (TPSA) is 95.6 Å². The molecule has 144 valence electrons. The molecular formula is C17H17ClFN3O4S. The molecule has 0 saturated heterocycles. The van der Waals surface area contributed by atoms with Crippen LogP contribution in [0, 0.1) is 12.7 Å². The van der Waals surface area contributed by atoms with Gasteiger partial charge in [-0.1, -0.05) is 29.3 Å². The number of likely N-dealkylation sites (N-methyl/N-ethyl adjacent to an activating group) is 1. The van der Waals surface area contributed by atoms with Gasteiger partial charge in [0.25, 0.3) is 11.8 Å². The lowest BCUT2D eigenvalue weighted by molar-refractivity contribution is -0.121. The summed E-state index contributed by atoms with van der Waals surface area (Å²) in [5.41, 5.74) is 4.64. The summed E-state index contributed by atoms with van der Waals surface area (Å²) < 4.78 is 39.3. The maximum Gasteiger partial charge on any atom is 0.272 e. The molecule has 2 aromatic carbocycles. The van der Waals surface area contributed by atoms with Gasteiger partial charge < -0.3 is 0 Å². The summed E-state index contributed by atoms with van der Waals surface area (Å²) in [5.74, 6) is -2.55. The molecule has 0 heterocycles. The average Bonchev–Trinajstić information content (AvgIpc) is 2.60. The summed E-state index contributed by atoms with van der Waals surface area (Å²) in [6.07, 6.45) is 0. The largest absolute Gasteiger partial charge is 0.272 e. The molecule has 0 spiro atoms. The molecule has 0 atom stereocenters. The normalized spacial score (nSPS) is 11.3. The first kappa shape index (κ1) is 20.8. The minimum Gasteiger partial charge on any atom is -0.272 e. The van der Waals surface area contributed by atoms with Gasteiger partial charge in [-0.25, -0.2) is 12.8 Å². The number of hydrazine groups is 1. The Kier molecular flexibility index (Phi) is 6.53. The van der Waals surface area contributed by atoms with Crippen molar-refractivity contribution in [3.8, 4) is 0 Å². The van der Waals surface area contributed by atoms with Gasteiger partial charge in [-0.15, -0.1) is 0 Å². The molecule has 0 unspecified atom stereocenters. The first-order valence-corrected chi connectivity index (χ1v) is 9.50. The number of rotatable bonds is 5. The number of hydrogen-bond donors (Lipinski definition) is 2. The van der Waals surface area contributed by atoms with Crippen molar-refractivity contribution >= 4 is 33.4 Å². The third-order valence-electron chi connectivity index (χ3n) is 3.59. The number of carbonyl (C=O) groups is 2. The zero-order valence-corrected chi connectivity index (χ0v) is 16.1. The number of amides is 2. The van der Waals surface area contributed by atoms with E-state index >= 15 is 0 Å². The molecule has 0 saturated carbocycles. The highest BCUT2D eigenvalue weighted by Gasteiger charge is 2.23. The molecule has 0 aromatic heterocycles. The summed E-state index contributed by atoms with van der Waals surface area (Å²) in [4.78, 5) is 23.8. The van der Waals surface area contributed by atoms with Crippen molar-refractivity contribution in [3.05, 3.63) is 64.4 Å². The van der Waals surface area contributed by atoms with Crippen molar-refractivity contribution in [3.63, 3.8) is 0 Å². The summed E-state index contributed by atoms with van der Waals surface area (Å²) in [6, 6.07) is 9.59. The van der Waals surface area contributed by atoms with Gasteiger partial charge in [0.15, 0.2) is 0 Å². The maximum absolute atomic E-state index is 13.7. The monoisotopic (exact) mass is 413 g/mol. The van der Waals surface area contributed by atoms with Gasteiger partial charge in [0.2, 0.25) is 10.0 Å². The van der Waals surface area contributed by atoms with E-state index < -0.39 is 34.2 Å². The molecule has 10 heteroatoms. The minimum absolute atomic E-state index is 0.0377. The Morgan fingerprint density at radius 2 is 1.74 bits per heavy atom. The van der Waals surface area contributed by atoms with Crippen LogP contribution in [-0.4, -0.2) is 38.1 Å². The van der Waals surface area contributed by atoms with Crippen LogP contribution >= 0.6 is 11.6 Å². The first-order chi connectivity index (χ1) is 12.6. The first-order valence-electron chi connectivity index (χ1n) is 7.68. The molecule has 0 radical (unpaired) electrons. The molecule has 27 heavy (non-hydrogen) atoms. The van der Waals surface area contributed by atoms with E-state index in [0.29, 0.717) is 0 Å². The van der Waals surface area contributed by atoms with Crippen LogP contribution in [0.5, 0.6) is 0 Å². The van der Waals surface area contributed by atoms with Crippen LogP contribution in [0.3, 0.4) is 0 Å². The third-order valence-corrected chi connectivity index (χ3v) is 5.64. The summed E-state index contributed by atoms with van der Waals surface area (Å²) in [6.45, 7) is 1.28. The van der Waals surface area contributed by atoms with Crippen LogP contribution in [0.2, 0.25) is 5.02 Å². The zero-order chi connectivity index (χ0) is 20.2. The molecule has 0 fully saturated rings. The second-order valence-electron chi connectivity index (χ2n) is 5.70. The average molecular weight is 414 g/mol. The maximum atomic E-state index is 13.7. The van der Waals surface area contributed by atoms with Gasteiger partial charge in [-0.3, -0.25) is 20.4 Å². The van der Waals surface area contributed by atoms with Crippen LogP contribution in [0.1, 0.15) is 15.9 Å². The van der Waals surface area contributed by atoms with Gasteiger partial charge in [-0.05, 0) is 37.3 Å². The molecule has 0 aliphatic carbocycles. The highest BCUT2D eigenvalue weighted by molar-refractivity contribution is 7.89. The standard InChI is InChI=1S/C17H17ClFN3O4S/c1-11-3-6-13(7-4-11)27(25,26)22(2)10-16(23)20-21-17(24)14-8-5-12(18)9-15(14)19/h3-9H,10H2,1-2H3,(H,20,23)(H,21,24). The number of halogens is 2. The Morgan fingerprint density at radius 1 is 1.11 bits per heavy atom. The lowest BCUT2D eigenvalue weighted by atomic mass is 10.2. The molecule has 7 nitrogen and oxygen atoms in total. The van der Waals surface area contributed by atoms with Gasteiger partial charge in [-0.2, -0.15) is 4.31 Å². The second-order valence-corrected chi connectivity index (χ2v) is 8.18. The highest BCUT2D eigenvalue weighted by atomic mass is 35.5. The Bertz CT molecular complexity index is 965. The van der Waals surface area contributed by atoms with E-state index in [-0.39, 0.29) is 15.5 Å². The van der Waals surface area contributed by atoms with Crippen LogP contribution in [0.4, 0.5) is 4.39 Å². The number of benzene rings is 2. The lowest BCUT2D eigenvalue weighted by Gasteiger charge is -2.17. The summed E-state index contributed by atoms with van der Waals surface area (Å²) in [5, 5.41) is 0.121. The van der Waals surface area contributed by atoms with Gasteiger partial charge >= 0.3 is 0 Å². The predicted octanol–water partition coefficient (Wildman–Crippen LogP) is 1.87. The van der Waals surface area contributed by atoms with Crippen molar-refractivity contribution in [2.24, 2.45) is 0 Å². The fourth-order valence-electron chi connectivity index (χ4n) is 2.08. The molecule has 2 aromatic rings. The molecular weight excluding hydrogens is 397 g/mol. The summed E-state index contributed by atoms with van der Waals surface area (Å²) in [7, 11) is -2.64. The van der Waals surface area contributed by atoms with Crippen LogP contribution in [0.25, 0.3) is 0 Å². The van der Waals surface area contributed by atoms with E-state index in [4.69, 9.17) is 11.6 Å². The molecule has 2 N–H and O–H groups in total. The number of nitrogens with zero attached hydrogens (tertiary/aromatic N) is 1. The van der Waals surface area contributed by atoms with E-state index in [1.54, 1.807) is 12.1 Å². The second kappa shape index (κ2) is 8.47. The fraction of sp³-hybridized carbons (Fsp3) is 0.176. The van der Waals surface area contributed by atoms with E-state index in [1.807, 2.05) is 17.8 Å². The van der Waals surface area contributed by atoms with Gasteiger partial charge in [0.05, 0.1) is 17.0 Å².